The molecule has 0 aromatic heterocycles. The van der Waals surface area contributed by atoms with Crippen LogP contribution in [-0.4, -0.2) is 140 Å². The number of hydrogen-bond acceptors (Lipinski definition) is 13. The molecule has 79 heavy (non-hydrogen) atoms. The van der Waals surface area contributed by atoms with Crippen LogP contribution in [0.15, 0.2) is 12.2 Å². The van der Waals surface area contributed by atoms with E-state index < -0.39 is 86.8 Å². The normalized spacial score (nSPS) is 24.4. The van der Waals surface area contributed by atoms with Crippen LogP contribution in [0.5, 0.6) is 0 Å². The van der Waals surface area contributed by atoms with Crippen LogP contribution in [-0.2, 0) is 23.7 Å². The standard InChI is InChI=1S/C65H125NO13/c1-3-5-7-9-11-13-15-17-19-21-23-25-26-27-29-30-32-34-36-38-40-42-44-46-48-54(69)53(52-76-64-62(75)60(73)63(56(51-68)78-64)79-65-61(74)59(72)58(71)55(50-67)77-65)66-57(70)49-47-45-43-41-39-37-35-33-31-28-24-22-20-18-16-14-12-10-8-6-4-2/h22,24,53-56,58-65,67-69,71-75H,3-21,23,25-52H2,1-2H3,(H,66,70)/b24-22-. The first kappa shape index (κ1) is 73.8. The summed E-state index contributed by atoms with van der Waals surface area (Å²) in [4.78, 5) is 13.3. The fraction of sp³-hybridized carbons (Fsp3) is 0.954. The van der Waals surface area contributed by atoms with Crippen molar-refractivity contribution in [3.05, 3.63) is 12.2 Å². The fourth-order valence-corrected chi connectivity index (χ4v) is 11.4. The van der Waals surface area contributed by atoms with Gasteiger partial charge in [-0.15, -0.1) is 0 Å². The molecule has 2 aliphatic rings. The molecule has 0 bridgehead atoms. The Balaban J connectivity index is 1.70. The van der Waals surface area contributed by atoms with Gasteiger partial charge in [0.25, 0.3) is 0 Å². The number of allylic oxidation sites excluding steroid dienone is 2. The summed E-state index contributed by atoms with van der Waals surface area (Å²) in [6.45, 7) is 2.91. The maximum Gasteiger partial charge on any atom is 0.220 e. The van der Waals surface area contributed by atoms with Crippen molar-refractivity contribution in [1.82, 2.24) is 5.32 Å². The number of nitrogens with one attached hydrogen (secondary N) is 1. The van der Waals surface area contributed by atoms with Crippen LogP contribution >= 0.6 is 0 Å². The molecule has 14 nitrogen and oxygen atoms in total. The molecule has 0 spiro atoms. The van der Waals surface area contributed by atoms with Crippen molar-refractivity contribution in [3.8, 4) is 0 Å². The van der Waals surface area contributed by atoms with Crippen LogP contribution in [0.3, 0.4) is 0 Å². The first-order valence-corrected chi connectivity index (χ1v) is 33.4. The third kappa shape index (κ3) is 36.2. The largest absolute Gasteiger partial charge is 0.394 e. The predicted octanol–water partition coefficient (Wildman–Crippen LogP) is 12.6. The molecule has 9 N–H and O–H groups in total. The van der Waals surface area contributed by atoms with E-state index in [0.29, 0.717) is 12.8 Å². The summed E-state index contributed by atoms with van der Waals surface area (Å²) in [7, 11) is 0. The second kappa shape index (κ2) is 51.2. The van der Waals surface area contributed by atoms with Gasteiger partial charge < -0.3 is 65.1 Å². The monoisotopic (exact) mass is 1130 g/mol. The third-order valence-corrected chi connectivity index (χ3v) is 16.7. The van der Waals surface area contributed by atoms with E-state index in [4.69, 9.17) is 18.9 Å². The molecule has 12 atom stereocenters. The van der Waals surface area contributed by atoms with E-state index in [9.17, 15) is 45.6 Å². The molecule has 2 aliphatic heterocycles. The number of aliphatic hydroxyl groups excluding tert-OH is 8. The molecule has 0 aromatic rings. The van der Waals surface area contributed by atoms with Crippen LogP contribution in [0, 0.1) is 0 Å². The van der Waals surface area contributed by atoms with E-state index in [1.807, 2.05) is 0 Å². The Kier molecular flexibility index (Phi) is 47.8. The number of ether oxygens (including phenoxy) is 4. The number of amides is 1. The van der Waals surface area contributed by atoms with Crippen molar-refractivity contribution >= 4 is 5.91 Å². The lowest BCUT2D eigenvalue weighted by Gasteiger charge is -2.46. The summed E-state index contributed by atoms with van der Waals surface area (Å²) < 4.78 is 22.9. The van der Waals surface area contributed by atoms with Crippen molar-refractivity contribution in [2.24, 2.45) is 0 Å². The zero-order valence-electron chi connectivity index (χ0n) is 50.6. The van der Waals surface area contributed by atoms with Gasteiger partial charge in [-0.25, -0.2) is 0 Å². The SMILES string of the molecule is CCCCCCCCCC/C=C\CCCCCCCCCCCC(=O)NC(COC1OC(CO)C(OC2OC(CO)C(O)C(O)C2O)C(O)C1O)C(O)CCCCCCCCCCCCCCCCCCCCCCCCCC. The van der Waals surface area contributed by atoms with Gasteiger partial charge in [-0.2, -0.15) is 0 Å². The first-order chi connectivity index (χ1) is 38.6. The Labute approximate surface area is 482 Å². The maximum atomic E-state index is 13.3. The predicted molar refractivity (Wildman–Crippen MR) is 319 cm³/mol. The Morgan fingerprint density at radius 3 is 1.20 bits per heavy atom. The van der Waals surface area contributed by atoms with Crippen molar-refractivity contribution in [2.45, 2.75) is 376 Å². The van der Waals surface area contributed by atoms with Gasteiger partial charge in [0, 0.05) is 6.42 Å². The van der Waals surface area contributed by atoms with Gasteiger partial charge in [-0.3, -0.25) is 4.79 Å². The molecule has 2 fully saturated rings. The van der Waals surface area contributed by atoms with Crippen molar-refractivity contribution < 1.29 is 64.6 Å². The van der Waals surface area contributed by atoms with Crippen molar-refractivity contribution in [2.75, 3.05) is 19.8 Å². The number of hydrogen-bond donors (Lipinski definition) is 9. The highest BCUT2D eigenvalue weighted by Crippen LogP contribution is 2.30. The van der Waals surface area contributed by atoms with Gasteiger partial charge in [0.05, 0.1) is 32.0 Å². The van der Waals surface area contributed by atoms with E-state index in [0.717, 1.165) is 51.4 Å². The summed E-state index contributed by atoms with van der Waals surface area (Å²) in [6.07, 6.45) is 43.6. The number of rotatable bonds is 55. The summed E-state index contributed by atoms with van der Waals surface area (Å²) in [5.41, 5.74) is 0. The summed E-state index contributed by atoms with van der Waals surface area (Å²) in [6, 6.07) is -0.828. The zero-order valence-corrected chi connectivity index (χ0v) is 50.6. The smallest absolute Gasteiger partial charge is 0.220 e. The molecule has 0 aliphatic carbocycles. The topological polar surface area (TPSA) is 228 Å². The molecule has 2 heterocycles. The lowest BCUT2D eigenvalue weighted by atomic mass is 9.97. The van der Waals surface area contributed by atoms with Crippen LogP contribution in [0.2, 0.25) is 0 Å². The second-order valence-electron chi connectivity index (χ2n) is 24.0. The maximum absolute atomic E-state index is 13.3. The quantitative estimate of drug-likeness (QED) is 0.0204. The fourth-order valence-electron chi connectivity index (χ4n) is 11.4. The molecule has 14 heteroatoms. The number of unbranched alkanes of at least 4 members (excludes halogenated alkanes) is 40. The van der Waals surface area contributed by atoms with Gasteiger partial charge in [0.2, 0.25) is 5.91 Å². The van der Waals surface area contributed by atoms with Crippen LogP contribution in [0.25, 0.3) is 0 Å². The molecular weight excluding hydrogens is 1000 g/mol. The molecule has 12 unspecified atom stereocenters. The molecular formula is C65H125NO13. The van der Waals surface area contributed by atoms with Gasteiger partial charge in [0.15, 0.2) is 12.6 Å². The molecule has 2 rings (SSSR count). The summed E-state index contributed by atoms with van der Waals surface area (Å²) in [5, 5.41) is 87.5. The van der Waals surface area contributed by atoms with Gasteiger partial charge >= 0.3 is 0 Å². The van der Waals surface area contributed by atoms with Crippen LogP contribution < -0.4 is 5.32 Å². The highest BCUT2D eigenvalue weighted by Gasteiger charge is 2.51. The molecule has 0 aromatic carbocycles. The molecule has 0 saturated carbocycles. The number of aliphatic hydroxyl groups is 8. The average Bonchev–Trinajstić information content (AvgIpc) is 3.47. The van der Waals surface area contributed by atoms with E-state index in [-0.39, 0.29) is 12.5 Å². The molecule has 468 valence electrons. The Morgan fingerprint density at radius 1 is 0.443 bits per heavy atom. The summed E-state index contributed by atoms with van der Waals surface area (Å²) in [5.74, 6) is -0.203. The van der Waals surface area contributed by atoms with Gasteiger partial charge in [0.1, 0.15) is 48.8 Å². The Bertz CT molecular complexity index is 1380. The van der Waals surface area contributed by atoms with E-state index in [1.165, 1.54) is 225 Å². The minimum Gasteiger partial charge on any atom is -0.394 e. The Hall–Kier alpha value is -1.27. The highest BCUT2D eigenvalue weighted by atomic mass is 16.7. The second-order valence-corrected chi connectivity index (χ2v) is 24.0. The zero-order chi connectivity index (χ0) is 57.4. The average molecular weight is 1130 g/mol. The van der Waals surface area contributed by atoms with E-state index >= 15 is 0 Å². The minimum atomic E-state index is -1.78. The van der Waals surface area contributed by atoms with Gasteiger partial charge in [-0.05, 0) is 38.5 Å². The van der Waals surface area contributed by atoms with Gasteiger partial charge in [-0.1, -0.05) is 270 Å². The van der Waals surface area contributed by atoms with E-state index in [2.05, 4.69) is 31.3 Å². The molecule has 2 saturated heterocycles. The lowest BCUT2D eigenvalue weighted by molar-refractivity contribution is -0.359. The first-order valence-electron chi connectivity index (χ1n) is 33.4. The highest BCUT2D eigenvalue weighted by molar-refractivity contribution is 5.76. The summed E-state index contributed by atoms with van der Waals surface area (Å²) >= 11 is 0. The number of carbonyl (C=O) groups is 1. The Morgan fingerprint density at radius 2 is 0.797 bits per heavy atom. The lowest BCUT2D eigenvalue weighted by Crippen LogP contribution is -2.65. The minimum absolute atomic E-state index is 0.203. The van der Waals surface area contributed by atoms with Crippen molar-refractivity contribution in [1.29, 1.82) is 0 Å². The molecule has 1 amide bonds. The van der Waals surface area contributed by atoms with Crippen molar-refractivity contribution in [3.63, 3.8) is 0 Å². The van der Waals surface area contributed by atoms with E-state index in [1.54, 1.807) is 0 Å². The third-order valence-electron chi connectivity index (χ3n) is 16.7. The van der Waals surface area contributed by atoms with Crippen LogP contribution in [0.4, 0.5) is 0 Å². The number of carbonyl (C=O) groups excluding carboxylic acids is 1. The molecule has 0 radical (unpaired) electrons. The van der Waals surface area contributed by atoms with Crippen LogP contribution in [0.1, 0.15) is 303 Å².